The minimum atomic E-state index is -0.895. The molecule has 4 aromatic heterocycles. The maximum atomic E-state index is 14.8. The number of hydrogen-bond acceptors (Lipinski definition) is 8. The smallest absolute Gasteiger partial charge is 0.231 e. The van der Waals surface area contributed by atoms with Crippen molar-refractivity contribution in [1.82, 2.24) is 39.8 Å². The molecule has 1 fully saturated rings. The van der Waals surface area contributed by atoms with Crippen LogP contribution in [-0.2, 0) is 22.4 Å². The predicted molar refractivity (Wildman–Crippen MR) is 203 cm³/mol. The molecule has 0 aliphatic heterocycles. The number of aryl methyl sites for hydroxylation is 1. The fourth-order valence-corrected chi connectivity index (χ4v) is 7.57. The van der Waals surface area contributed by atoms with E-state index in [0.29, 0.717) is 43.2 Å². The summed E-state index contributed by atoms with van der Waals surface area (Å²) in [5, 5.41) is 24.6. The molecule has 2 N–H and O–H groups in total. The van der Waals surface area contributed by atoms with Gasteiger partial charge in [0.2, 0.25) is 11.8 Å². The molecule has 52 heavy (non-hydrogen) atoms. The van der Waals surface area contributed by atoms with E-state index in [9.17, 15) is 14.7 Å². The second kappa shape index (κ2) is 19.0. The van der Waals surface area contributed by atoms with E-state index in [1.165, 1.54) is 6.42 Å². The van der Waals surface area contributed by atoms with Crippen LogP contribution < -0.4 is 5.32 Å². The third-order valence-electron chi connectivity index (χ3n) is 10.7. The van der Waals surface area contributed by atoms with Crippen molar-refractivity contribution < 1.29 is 14.7 Å². The number of nitrogens with one attached hydrogen (secondary N) is 1. The number of amides is 2. The van der Waals surface area contributed by atoms with Gasteiger partial charge in [0, 0.05) is 56.1 Å². The maximum Gasteiger partial charge on any atom is 0.231 e. The van der Waals surface area contributed by atoms with Gasteiger partial charge in [0.25, 0.3) is 0 Å². The normalized spacial score (nSPS) is 16.1. The summed E-state index contributed by atoms with van der Waals surface area (Å²) in [6, 6.07) is 7.15. The zero-order chi connectivity index (χ0) is 37.0. The molecule has 11 heteroatoms. The number of unbranched alkanes of at least 4 members (excludes halogenated alkanes) is 1. The van der Waals surface area contributed by atoms with E-state index in [4.69, 9.17) is 4.98 Å². The molecule has 0 radical (unpaired) electrons. The summed E-state index contributed by atoms with van der Waals surface area (Å²) in [6.07, 6.45) is 18.5. The fourth-order valence-electron chi connectivity index (χ4n) is 7.57. The highest BCUT2D eigenvalue weighted by atomic mass is 16.3. The van der Waals surface area contributed by atoms with Crippen LogP contribution in [0.25, 0.3) is 16.9 Å². The molecule has 0 spiro atoms. The molecule has 1 saturated carbocycles. The van der Waals surface area contributed by atoms with Gasteiger partial charge >= 0.3 is 0 Å². The third-order valence-corrected chi connectivity index (χ3v) is 10.7. The van der Waals surface area contributed by atoms with Crippen LogP contribution in [0.1, 0.15) is 115 Å². The number of rotatable bonds is 18. The average Bonchev–Trinajstić information content (AvgIpc) is 3.59. The van der Waals surface area contributed by atoms with Gasteiger partial charge in [0.15, 0.2) is 5.65 Å². The first kappa shape index (κ1) is 39.0. The van der Waals surface area contributed by atoms with Crippen LogP contribution in [0.15, 0.2) is 55.2 Å². The lowest BCUT2D eigenvalue weighted by molar-refractivity contribution is -0.137. The Labute approximate surface area is 309 Å². The van der Waals surface area contributed by atoms with Crippen LogP contribution in [0.3, 0.4) is 0 Å². The van der Waals surface area contributed by atoms with Gasteiger partial charge in [0.1, 0.15) is 11.7 Å². The van der Waals surface area contributed by atoms with Crippen molar-refractivity contribution in [2.24, 2.45) is 17.8 Å². The molecular weight excluding hydrogens is 653 g/mol. The molecule has 5 rings (SSSR count). The Morgan fingerprint density at radius 1 is 1.02 bits per heavy atom. The largest absolute Gasteiger partial charge is 0.391 e. The fraction of sp³-hybridized carbons (Fsp3) is 0.585. The number of aliphatic hydroxyl groups is 1. The number of nitrogens with zero attached hydrogens (tertiary/aromatic N) is 7. The van der Waals surface area contributed by atoms with Crippen molar-refractivity contribution >= 4 is 17.5 Å². The van der Waals surface area contributed by atoms with Gasteiger partial charge in [-0.05, 0) is 67.7 Å². The van der Waals surface area contributed by atoms with Crippen molar-refractivity contribution in [2.45, 2.75) is 123 Å². The molecule has 0 saturated heterocycles. The van der Waals surface area contributed by atoms with Gasteiger partial charge in [-0.15, -0.1) is 10.2 Å². The van der Waals surface area contributed by atoms with Gasteiger partial charge in [-0.2, -0.15) is 0 Å². The van der Waals surface area contributed by atoms with E-state index in [-0.39, 0.29) is 30.1 Å². The molecular formula is C41H58N8O3. The lowest BCUT2D eigenvalue weighted by atomic mass is 9.80. The quantitative estimate of drug-likeness (QED) is 0.118. The van der Waals surface area contributed by atoms with Crippen LogP contribution in [0, 0.1) is 17.8 Å². The monoisotopic (exact) mass is 710 g/mol. The van der Waals surface area contributed by atoms with E-state index in [1.807, 2.05) is 55.8 Å². The van der Waals surface area contributed by atoms with Gasteiger partial charge < -0.3 is 15.3 Å². The molecule has 280 valence electrons. The molecule has 11 nitrogen and oxygen atoms in total. The van der Waals surface area contributed by atoms with E-state index < -0.39 is 18.1 Å². The number of aliphatic hydroxyl groups excluding tert-OH is 1. The summed E-state index contributed by atoms with van der Waals surface area (Å²) in [5.74, 6) is -0.341. The summed E-state index contributed by atoms with van der Waals surface area (Å²) in [6.45, 7) is 8.99. The third kappa shape index (κ3) is 9.99. The number of fused-ring (bicyclic) bond motifs is 1. The summed E-state index contributed by atoms with van der Waals surface area (Å²) in [5.41, 5.74) is 3.91. The van der Waals surface area contributed by atoms with Gasteiger partial charge in [-0.25, -0.2) is 4.98 Å². The summed E-state index contributed by atoms with van der Waals surface area (Å²) >= 11 is 0. The summed E-state index contributed by atoms with van der Waals surface area (Å²) < 4.78 is 1.91. The van der Waals surface area contributed by atoms with E-state index >= 15 is 0 Å². The van der Waals surface area contributed by atoms with Crippen molar-refractivity contribution in [3.05, 3.63) is 72.3 Å². The topological polar surface area (TPSA) is 139 Å². The average molecular weight is 711 g/mol. The Morgan fingerprint density at radius 3 is 2.42 bits per heavy atom. The summed E-state index contributed by atoms with van der Waals surface area (Å²) in [4.78, 5) is 43.8. The zero-order valence-electron chi connectivity index (χ0n) is 31.7. The minimum Gasteiger partial charge on any atom is -0.391 e. The standard InChI is InChI=1S/C41H58N8O3/c1-6-8-21-48(5)41(52)32(28(3)4)24-37(50)35(23-29-15-10-9-11-16-29)45-40(51)33(22-30-17-12-19-42-25-30)38-46-47-39-34(14-7-2)44-36(27-49(38)39)31-18-13-20-43-26-31/h12-13,17-20,25-29,32-33,35,37,50H,6-11,14-16,21-24H2,1-5H3,(H,45,51). The van der Waals surface area contributed by atoms with Gasteiger partial charge in [-0.3, -0.25) is 24.0 Å². The number of carbonyl (C=O) groups excluding carboxylic acids is 2. The molecule has 2 amide bonds. The Balaban J connectivity index is 1.51. The molecule has 4 heterocycles. The van der Waals surface area contributed by atoms with Crippen molar-refractivity contribution in [2.75, 3.05) is 13.6 Å². The zero-order valence-corrected chi connectivity index (χ0v) is 31.7. The molecule has 4 aromatic rings. The predicted octanol–water partition coefficient (Wildman–Crippen LogP) is 6.60. The highest BCUT2D eigenvalue weighted by molar-refractivity contribution is 5.84. The Morgan fingerprint density at radius 2 is 1.77 bits per heavy atom. The number of hydrogen-bond donors (Lipinski definition) is 2. The highest BCUT2D eigenvalue weighted by Crippen LogP contribution is 2.31. The molecule has 4 unspecified atom stereocenters. The second-order valence-electron chi connectivity index (χ2n) is 15.1. The second-order valence-corrected chi connectivity index (χ2v) is 15.1. The minimum absolute atomic E-state index is 0.0397. The van der Waals surface area contributed by atoms with Crippen molar-refractivity contribution in [1.29, 1.82) is 0 Å². The first-order valence-corrected chi connectivity index (χ1v) is 19.5. The number of aromatic nitrogens is 6. The lowest BCUT2D eigenvalue weighted by Gasteiger charge is -2.34. The van der Waals surface area contributed by atoms with Crippen LogP contribution in [0.5, 0.6) is 0 Å². The number of pyridine rings is 2. The molecule has 1 aliphatic carbocycles. The Kier molecular flexibility index (Phi) is 14.2. The summed E-state index contributed by atoms with van der Waals surface area (Å²) in [7, 11) is 1.86. The molecule has 0 bridgehead atoms. The van der Waals surface area contributed by atoms with Crippen LogP contribution in [-0.4, -0.2) is 77.1 Å². The molecule has 1 aliphatic rings. The lowest BCUT2D eigenvalue weighted by Crippen LogP contribution is -2.49. The first-order chi connectivity index (χ1) is 25.2. The van der Waals surface area contributed by atoms with Crippen LogP contribution in [0.2, 0.25) is 0 Å². The van der Waals surface area contributed by atoms with E-state index in [2.05, 4.69) is 39.3 Å². The van der Waals surface area contributed by atoms with E-state index in [0.717, 1.165) is 67.5 Å². The van der Waals surface area contributed by atoms with Gasteiger partial charge in [0.05, 0.1) is 23.5 Å². The van der Waals surface area contributed by atoms with Crippen molar-refractivity contribution in [3.8, 4) is 11.3 Å². The Bertz CT molecular complexity index is 1710. The Hall–Kier alpha value is -4.25. The van der Waals surface area contributed by atoms with Crippen molar-refractivity contribution in [3.63, 3.8) is 0 Å². The first-order valence-electron chi connectivity index (χ1n) is 19.5. The molecule has 0 aromatic carbocycles. The number of carbonyl (C=O) groups is 2. The van der Waals surface area contributed by atoms with E-state index in [1.54, 1.807) is 29.7 Å². The molecule has 4 atom stereocenters. The SMILES string of the molecule is CCCCN(C)C(=O)C(CC(O)C(CC1CCCCC1)NC(=O)C(Cc1cccnc1)c1nnc2c(CCC)nc(-c3cccnc3)cn12)C(C)C. The van der Waals surface area contributed by atoms with Crippen LogP contribution in [0.4, 0.5) is 0 Å². The van der Waals surface area contributed by atoms with Crippen LogP contribution >= 0.6 is 0 Å². The maximum absolute atomic E-state index is 14.8. The highest BCUT2D eigenvalue weighted by Gasteiger charge is 2.35. The van der Waals surface area contributed by atoms with Gasteiger partial charge in [-0.1, -0.05) is 78.7 Å².